The van der Waals surface area contributed by atoms with Gasteiger partial charge in [-0.1, -0.05) is 0 Å². The van der Waals surface area contributed by atoms with E-state index >= 15 is 0 Å². The van der Waals surface area contributed by atoms with Crippen LogP contribution in [-0.2, 0) is 4.79 Å². The van der Waals surface area contributed by atoms with Crippen molar-refractivity contribution in [1.82, 2.24) is 0 Å². The molecule has 0 bridgehead atoms. The molecule has 0 amide bonds. The van der Waals surface area contributed by atoms with Crippen molar-refractivity contribution in [2.45, 2.75) is 12.5 Å². The van der Waals surface area contributed by atoms with E-state index in [2.05, 4.69) is 0 Å². The van der Waals surface area contributed by atoms with Crippen LogP contribution in [0.25, 0.3) is 11.3 Å². The number of hydrogen-bond acceptors (Lipinski definition) is 5. The van der Waals surface area contributed by atoms with Crippen LogP contribution >= 0.6 is 0 Å². The fourth-order valence-corrected chi connectivity index (χ4v) is 1.74. The SMILES string of the molecule is N[C@H](CC(=O)O)c1ccc(-c2ccc([N+](=O)[O-])cc2)o1. The summed E-state index contributed by atoms with van der Waals surface area (Å²) in [7, 11) is 0. The monoisotopic (exact) mass is 276 g/mol. The van der Waals surface area contributed by atoms with Crippen LogP contribution in [-0.4, -0.2) is 16.0 Å². The Morgan fingerprint density at radius 1 is 1.30 bits per heavy atom. The molecule has 104 valence electrons. The maximum Gasteiger partial charge on any atom is 0.305 e. The third kappa shape index (κ3) is 3.01. The van der Waals surface area contributed by atoms with Crippen LogP contribution in [0, 0.1) is 10.1 Å². The summed E-state index contributed by atoms with van der Waals surface area (Å²) in [5.74, 6) is -0.165. The Balaban J connectivity index is 2.20. The van der Waals surface area contributed by atoms with Gasteiger partial charge in [-0.2, -0.15) is 0 Å². The zero-order valence-electron chi connectivity index (χ0n) is 10.4. The highest BCUT2D eigenvalue weighted by molar-refractivity contribution is 5.68. The lowest BCUT2D eigenvalue weighted by Gasteiger charge is -2.04. The quantitative estimate of drug-likeness (QED) is 0.638. The normalized spacial score (nSPS) is 12.1. The second-order valence-corrected chi connectivity index (χ2v) is 4.21. The van der Waals surface area contributed by atoms with Crippen molar-refractivity contribution < 1.29 is 19.2 Å². The molecule has 0 radical (unpaired) electrons. The second-order valence-electron chi connectivity index (χ2n) is 4.21. The van der Waals surface area contributed by atoms with Gasteiger partial charge in [-0.05, 0) is 24.3 Å². The van der Waals surface area contributed by atoms with E-state index in [1.165, 1.54) is 12.1 Å². The highest BCUT2D eigenvalue weighted by Gasteiger charge is 2.15. The summed E-state index contributed by atoms with van der Waals surface area (Å²) in [6.45, 7) is 0. The Hall–Kier alpha value is -2.67. The molecule has 2 aromatic rings. The van der Waals surface area contributed by atoms with E-state index in [9.17, 15) is 14.9 Å². The summed E-state index contributed by atoms with van der Waals surface area (Å²) in [4.78, 5) is 20.6. The van der Waals surface area contributed by atoms with Crippen molar-refractivity contribution in [3.8, 4) is 11.3 Å². The predicted octanol–water partition coefficient (Wildman–Crippen LogP) is 2.33. The van der Waals surface area contributed by atoms with Crippen molar-refractivity contribution >= 4 is 11.7 Å². The molecule has 7 heteroatoms. The van der Waals surface area contributed by atoms with E-state index in [0.29, 0.717) is 17.1 Å². The van der Waals surface area contributed by atoms with E-state index in [1.807, 2.05) is 0 Å². The van der Waals surface area contributed by atoms with Crippen LogP contribution in [0.2, 0.25) is 0 Å². The van der Waals surface area contributed by atoms with Crippen molar-refractivity contribution in [3.63, 3.8) is 0 Å². The lowest BCUT2D eigenvalue weighted by atomic mass is 10.1. The summed E-state index contributed by atoms with van der Waals surface area (Å²) in [6.07, 6.45) is -0.229. The first kappa shape index (κ1) is 13.8. The summed E-state index contributed by atoms with van der Waals surface area (Å²) in [5, 5.41) is 19.2. The van der Waals surface area contributed by atoms with Gasteiger partial charge in [0.2, 0.25) is 0 Å². The molecule has 1 atom stereocenters. The summed E-state index contributed by atoms with van der Waals surface area (Å²) >= 11 is 0. The smallest absolute Gasteiger partial charge is 0.305 e. The van der Waals surface area contributed by atoms with Crippen LogP contribution in [0.3, 0.4) is 0 Å². The van der Waals surface area contributed by atoms with Crippen LogP contribution in [0.15, 0.2) is 40.8 Å². The zero-order valence-corrected chi connectivity index (χ0v) is 10.4. The second kappa shape index (κ2) is 5.54. The molecular formula is C13H12N2O5. The Bertz CT molecular complexity index is 632. The molecule has 20 heavy (non-hydrogen) atoms. The summed E-state index contributed by atoms with van der Waals surface area (Å²) in [6, 6.07) is 8.39. The van der Waals surface area contributed by atoms with Crippen LogP contribution in [0.1, 0.15) is 18.2 Å². The molecular weight excluding hydrogens is 264 g/mol. The molecule has 2 rings (SSSR count). The number of nitrogens with zero attached hydrogens (tertiary/aromatic N) is 1. The van der Waals surface area contributed by atoms with E-state index in [4.69, 9.17) is 15.3 Å². The lowest BCUT2D eigenvalue weighted by Crippen LogP contribution is -2.14. The van der Waals surface area contributed by atoms with Crippen LogP contribution in [0.5, 0.6) is 0 Å². The van der Waals surface area contributed by atoms with Crippen molar-refractivity contribution in [2.75, 3.05) is 0 Å². The molecule has 0 aliphatic rings. The van der Waals surface area contributed by atoms with Gasteiger partial charge in [0.15, 0.2) is 0 Å². The maximum absolute atomic E-state index is 10.6. The summed E-state index contributed by atoms with van der Waals surface area (Å²) < 4.78 is 5.47. The van der Waals surface area contributed by atoms with E-state index in [1.54, 1.807) is 24.3 Å². The van der Waals surface area contributed by atoms with Crippen molar-refractivity contribution in [2.24, 2.45) is 5.73 Å². The molecule has 0 aliphatic heterocycles. The first-order valence-electron chi connectivity index (χ1n) is 5.79. The van der Waals surface area contributed by atoms with E-state index in [-0.39, 0.29) is 12.1 Å². The van der Waals surface area contributed by atoms with Gasteiger partial charge in [-0.25, -0.2) is 0 Å². The molecule has 7 nitrogen and oxygen atoms in total. The number of carboxylic acid groups (broad SMARTS) is 1. The standard InChI is InChI=1S/C13H12N2O5/c14-10(7-13(16)17)12-6-5-11(20-12)8-1-3-9(4-2-8)15(18)19/h1-6,10H,7,14H2,(H,16,17)/t10-/m1/s1. The number of hydrogen-bond donors (Lipinski definition) is 2. The number of nitrogens with two attached hydrogens (primary N) is 1. The number of furan rings is 1. The number of nitro benzene ring substituents is 1. The zero-order chi connectivity index (χ0) is 14.7. The fourth-order valence-electron chi connectivity index (χ4n) is 1.74. The largest absolute Gasteiger partial charge is 0.481 e. The van der Waals surface area contributed by atoms with Crippen molar-refractivity contribution in [3.05, 3.63) is 52.3 Å². The Morgan fingerprint density at radius 3 is 2.50 bits per heavy atom. The topological polar surface area (TPSA) is 120 Å². The number of nitro groups is 1. The number of non-ortho nitro benzene ring substituents is 1. The molecule has 1 aromatic carbocycles. The maximum atomic E-state index is 10.6. The van der Waals surface area contributed by atoms with Crippen LogP contribution in [0.4, 0.5) is 5.69 Å². The van der Waals surface area contributed by atoms with Gasteiger partial charge >= 0.3 is 5.97 Å². The molecule has 0 saturated heterocycles. The summed E-state index contributed by atoms with van der Waals surface area (Å²) in [5.41, 5.74) is 6.33. The van der Waals surface area contributed by atoms with E-state index < -0.39 is 16.9 Å². The number of rotatable bonds is 5. The van der Waals surface area contributed by atoms with Gasteiger partial charge in [0, 0.05) is 17.7 Å². The Kier molecular flexibility index (Phi) is 3.81. The fraction of sp³-hybridized carbons (Fsp3) is 0.154. The van der Waals surface area contributed by atoms with Gasteiger partial charge in [-0.3, -0.25) is 14.9 Å². The van der Waals surface area contributed by atoms with Gasteiger partial charge in [-0.15, -0.1) is 0 Å². The van der Waals surface area contributed by atoms with Gasteiger partial charge in [0.25, 0.3) is 5.69 Å². The molecule has 0 unspecified atom stereocenters. The minimum atomic E-state index is -1.01. The third-order valence-corrected chi connectivity index (χ3v) is 2.75. The van der Waals surface area contributed by atoms with Crippen molar-refractivity contribution in [1.29, 1.82) is 0 Å². The molecule has 1 aromatic heterocycles. The highest BCUT2D eigenvalue weighted by atomic mass is 16.6. The molecule has 0 saturated carbocycles. The first-order chi connectivity index (χ1) is 9.47. The molecule has 0 aliphatic carbocycles. The minimum Gasteiger partial charge on any atom is -0.481 e. The number of aliphatic carboxylic acids is 1. The van der Waals surface area contributed by atoms with Crippen LogP contribution < -0.4 is 5.73 Å². The molecule has 3 N–H and O–H groups in total. The molecule has 0 spiro atoms. The minimum absolute atomic E-state index is 0.0110. The third-order valence-electron chi connectivity index (χ3n) is 2.75. The van der Waals surface area contributed by atoms with Gasteiger partial charge in [0.05, 0.1) is 17.4 Å². The average Bonchev–Trinajstić information content (AvgIpc) is 2.87. The Labute approximate surface area is 113 Å². The number of carbonyl (C=O) groups is 1. The van der Waals surface area contributed by atoms with Gasteiger partial charge < -0.3 is 15.3 Å². The van der Waals surface area contributed by atoms with E-state index in [0.717, 1.165) is 0 Å². The molecule has 0 fully saturated rings. The predicted molar refractivity (Wildman–Crippen MR) is 70.0 cm³/mol. The Morgan fingerprint density at radius 2 is 1.95 bits per heavy atom. The lowest BCUT2D eigenvalue weighted by molar-refractivity contribution is -0.384. The first-order valence-corrected chi connectivity index (χ1v) is 5.79. The van der Waals surface area contributed by atoms with Gasteiger partial charge in [0.1, 0.15) is 11.5 Å². The number of benzene rings is 1. The number of carboxylic acids is 1. The average molecular weight is 276 g/mol. The highest BCUT2D eigenvalue weighted by Crippen LogP contribution is 2.27. The molecule has 1 heterocycles.